The summed E-state index contributed by atoms with van der Waals surface area (Å²) in [5.74, 6) is -1.30. The second-order valence-electron chi connectivity index (χ2n) is 5.44. The third-order valence-corrected chi connectivity index (χ3v) is 4.70. The zero-order valence-electron chi connectivity index (χ0n) is 11.6. The Balaban J connectivity index is 1.96. The van der Waals surface area contributed by atoms with Gasteiger partial charge in [-0.2, -0.15) is 0 Å². The number of carbonyl (C=O) groups excluding carboxylic acids is 1. The van der Waals surface area contributed by atoms with Gasteiger partial charge in [-0.3, -0.25) is 9.59 Å². The maximum Gasteiger partial charge on any atom is 0.306 e. The average Bonchev–Trinajstić information content (AvgIpc) is 2.47. The number of hydrogen-bond acceptors (Lipinski definition) is 3. The molecule has 2 rings (SSSR count). The Labute approximate surface area is 132 Å². The molecule has 1 aromatic carbocycles. The lowest BCUT2D eigenvalue weighted by atomic mass is 9.79. The van der Waals surface area contributed by atoms with Gasteiger partial charge in [-0.15, -0.1) is 0 Å². The Morgan fingerprint density at radius 1 is 1.33 bits per heavy atom. The summed E-state index contributed by atoms with van der Waals surface area (Å²) >= 11 is 3.29. The number of anilines is 1. The largest absolute Gasteiger partial charge is 0.481 e. The van der Waals surface area contributed by atoms with Crippen molar-refractivity contribution in [3.63, 3.8) is 0 Å². The summed E-state index contributed by atoms with van der Waals surface area (Å²) in [4.78, 5) is 23.3. The van der Waals surface area contributed by atoms with E-state index in [1.54, 1.807) is 18.2 Å². The SMILES string of the molecule is Nc1ccc(C(=O)NCC2CCCCC2C(=O)O)cc1Br. The molecular formula is C15H19BrN2O3. The number of carboxylic acids is 1. The van der Waals surface area contributed by atoms with Crippen LogP contribution in [0.1, 0.15) is 36.0 Å². The molecule has 0 saturated heterocycles. The first-order valence-corrected chi connectivity index (χ1v) is 7.84. The van der Waals surface area contributed by atoms with Crippen molar-refractivity contribution in [1.29, 1.82) is 0 Å². The second kappa shape index (κ2) is 6.93. The van der Waals surface area contributed by atoms with Crippen molar-refractivity contribution in [3.05, 3.63) is 28.2 Å². The summed E-state index contributed by atoms with van der Waals surface area (Å²) in [6.45, 7) is 0.401. The second-order valence-corrected chi connectivity index (χ2v) is 6.29. The molecule has 2 atom stereocenters. The minimum absolute atomic E-state index is 0.0115. The zero-order chi connectivity index (χ0) is 15.4. The van der Waals surface area contributed by atoms with E-state index in [2.05, 4.69) is 21.2 Å². The Morgan fingerprint density at radius 3 is 2.71 bits per heavy atom. The highest BCUT2D eigenvalue weighted by Crippen LogP contribution is 2.29. The van der Waals surface area contributed by atoms with Crippen LogP contribution in [0.5, 0.6) is 0 Å². The highest BCUT2D eigenvalue weighted by Gasteiger charge is 2.30. The summed E-state index contributed by atoms with van der Waals surface area (Å²) in [5.41, 5.74) is 6.77. The molecule has 0 heterocycles. The van der Waals surface area contributed by atoms with Gasteiger partial charge in [0.15, 0.2) is 0 Å². The van der Waals surface area contributed by atoms with E-state index < -0.39 is 5.97 Å². The van der Waals surface area contributed by atoms with Gasteiger partial charge in [0.2, 0.25) is 0 Å². The number of aliphatic carboxylic acids is 1. The number of rotatable bonds is 4. The highest BCUT2D eigenvalue weighted by atomic mass is 79.9. The minimum Gasteiger partial charge on any atom is -0.481 e. The van der Waals surface area contributed by atoms with Gasteiger partial charge in [0.1, 0.15) is 0 Å². The number of hydrogen-bond donors (Lipinski definition) is 3. The number of carbonyl (C=O) groups is 2. The molecule has 5 nitrogen and oxygen atoms in total. The number of nitrogen functional groups attached to an aromatic ring is 1. The number of nitrogens with two attached hydrogens (primary N) is 1. The molecule has 1 amide bonds. The monoisotopic (exact) mass is 354 g/mol. The van der Waals surface area contributed by atoms with Gasteiger partial charge in [-0.05, 0) is 52.9 Å². The average molecular weight is 355 g/mol. The fourth-order valence-electron chi connectivity index (χ4n) is 2.77. The molecule has 1 fully saturated rings. The third-order valence-electron chi connectivity index (χ3n) is 4.01. The molecule has 0 aliphatic heterocycles. The maximum atomic E-state index is 12.1. The molecule has 21 heavy (non-hydrogen) atoms. The van der Waals surface area contributed by atoms with Crippen molar-refractivity contribution in [3.8, 4) is 0 Å². The summed E-state index contributed by atoms with van der Waals surface area (Å²) in [6, 6.07) is 4.99. The minimum atomic E-state index is -0.760. The quantitative estimate of drug-likeness (QED) is 0.724. The van der Waals surface area contributed by atoms with Crippen molar-refractivity contribution in [1.82, 2.24) is 5.32 Å². The van der Waals surface area contributed by atoms with E-state index >= 15 is 0 Å². The summed E-state index contributed by atoms with van der Waals surface area (Å²) in [7, 11) is 0. The first-order valence-electron chi connectivity index (χ1n) is 7.05. The van der Waals surface area contributed by atoms with Crippen LogP contribution in [-0.2, 0) is 4.79 Å². The van der Waals surface area contributed by atoms with Crippen LogP contribution < -0.4 is 11.1 Å². The molecule has 1 saturated carbocycles. The smallest absolute Gasteiger partial charge is 0.306 e. The topological polar surface area (TPSA) is 92.4 Å². The van der Waals surface area contributed by atoms with E-state index in [9.17, 15) is 14.7 Å². The molecule has 1 aliphatic rings. The molecule has 0 radical (unpaired) electrons. The van der Waals surface area contributed by atoms with Gasteiger partial charge in [-0.1, -0.05) is 12.8 Å². The first-order chi connectivity index (χ1) is 9.99. The van der Waals surface area contributed by atoms with Crippen molar-refractivity contribution >= 4 is 33.5 Å². The molecule has 1 aliphatic carbocycles. The van der Waals surface area contributed by atoms with Crippen molar-refractivity contribution in [2.24, 2.45) is 11.8 Å². The maximum absolute atomic E-state index is 12.1. The fourth-order valence-corrected chi connectivity index (χ4v) is 3.15. The van der Waals surface area contributed by atoms with Crippen LogP contribution in [0, 0.1) is 11.8 Å². The molecule has 4 N–H and O–H groups in total. The molecule has 0 aromatic heterocycles. The lowest BCUT2D eigenvalue weighted by Crippen LogP contribution is -2.37. The molecule has 2 unspecified atom stereocenters. The van der Waals surface area contributed by atoms with Crippen LogP contribution in [0.4, 0.5) is 5.69 Å². The molecule has 6 heteroatoms. The van der Waals surface area contributed by atoms with Gasteiger partial charge in [0.05, 0.1) is 5.92 Å². The molecular weight excluding hydrogens is 336 g/mol. The summed E-state index contributed by atoms with van der Waals surface area (Å²) in [6.07, 6.45) is 3.52. The summed E-state index contributed by atoms with van der Waals surface area (Å²) < 4.78 is 0.677. The van der Waals surface area contributed by atoms with Crippen LogP contribution in [-0.4, -0.2) is 23.5 Å². The van der Waals surface area contributed by atoms with E-state index in [1.807, 2.05) is 0 Å². The standard InChI is InChI=1S/C15H19BrN2O3/c16-12-7-9(5-6-13(12)17)14(19)18-8-10-3-1-2-4-11(10)15(20)21/h5-7,10-11H,1-4,8,17H2,(H,18,19)(H,20,21). The van der Waals surface area contributed by atoms with Crippen molar-refractivity contribution < 1.29 is 14.7 Å². The number of nitrogens with one attached hydrogen (secondary N) is 1. The lowest BCUT2D eigenvalue weighted by Gasteiger charge is -2.28. The van der Waals surface area contributed by atoms with Gasteiger partial charge in [-0.25, -0.2) is 0 Å². The van der Waals surface area contributed by atoms with Gasteiger partial charge in [0, 0.05) is 22.3 Å². The number of amides is 1. The van der Waals surface area contributed by atoms with E-state index in [1.165, 1.54) is 0 Å². The third kappa shape index (κ3) is 3.97. The van der Waals surface area contributed by atoms with E-state index in [0.717, 1.165) is 19.3 Å². The number of benzene rings is 1. The van der Waals surface area contributed by atoms with E-state index in [-0.39, 0.29) is 17.7 Å². The van der Waals surface area contributed by atoms with Crippen LogP contribution in [0.2, 0.25) is 0 Å². The fraction of sp³-hybridized carbons (Fsp3) is 0.467. The highest BCUT2D eigenvalue weighted by molar-refractivity contribution is 9.10. The van der Waals surface area contributed by atoms with Crippen LogP contribution in [0.15, 0.2) is 22.7 Å². The van der Waals surface area contributed by atoms with Gasteiger partial charge >= 0.3 is 5.97 Å². The molecule has 0 spiro atoms. The van der Waals surface area contributed by atoms with Crippen LogP contribution in [0.3, 0.4) is 0 Å². The van der Waals surface area contributed by atoms with Crippen molar-refractivity contribution in [2.75, 3.05) is 12.3 Å². The Kier molecular flexibility index (Phi) is 5.22. The normalized spacial score (nSPS) is 21.8. The van der Waals surface area contributed by atoms with Crippen molar-refractivity contribution in [2.45, 2.75) is 25.7 Å². The predicted molar refractivity (Wildman–Crippen MR) is 84.0 cm³/mol. The molecule has 0 bridgehead atoms. The zero-order valence-corrected chi connectivity index (χ0v) is 13.2. The first kappa shape index (κ1) is 15.8. The van der Waals surface area contributed by atoms with Gasteiger partial charge < -0.3 is 16.2 Å². The summed E-state index contributed by atoms with van der Waals surface area (Å²) in [5, 5.41) is 12.1. The molecule has 1 aromatic rings. The van der Waals surface area contributed by atoms with Crippen LogP contribution >= 0.6 is 15.9 Å². The number of halogens is 1. The lowest BCUT2D eigenvalue weighted by molar-refractivity contribution is -0.144. The van der Waals surface area contributed by atoms with Crippen LogP contribution in [0.25, 0.3) is 0 Å². The Bertz CT molecular complexity index is 548. The Morgan fingerprint density at radius 2 is 2.05 bits per heavy atom. The van der Waals surface area contributed by atoms with E-state index in [0.29, 0.717) is 28.7 Å². The molecule has 114 valence electrons. The Hall–Kier alpha value is -1.56. The predicted octanol–water partition coefficient (Wildman–Crippen LogP) is 2.65. The van der Waals surface area contributed by atoms with Gasteiger partial charge in [0.25, 0.3) is 5.91 Å². The van der Waals surface area contributed by atoms with E-state index in [4.69, 9.17) is 5.73 Å². The number of carboxylic acid groups (broad SMARTS) is 1.